The van der Waals surface area contributed by atoms with Crippen LogP contribution in [0.4, 0.5) is 0 Å². The number of rotatable bonds is 5. The van der Waals surface area contributed by atoms with Crippen molar-refractivity contribution in [3.8, 4) is 0 Å². The summed E-state index contributed by atoms with van der Waals surface area (Å²) in [7, 11) is 0. The molecule has 2 aromatic rings. The Morgan fingerprint density at radius 2 is 2.16 bits per heavy atom. The fourth-order valence-corrected chi connectivity index (χ4v) is 1.94. The molecule has 0 radical (unpaired) electrons. The summed E-state index contributed by atoms with van der Waals surface area (Å²) in [5.41, 5.74) is 1.54. The summed E-state index contributed by atoms with van der Waals surface area (Å²) < 4.78 is 10.7. The predicted octanol–water partition coefficient (Wildman–Crippen LogP) is 3.66. The maximum atomic E-state index is 10.8. The highest BCUT2D eigenvalue weighted by Crippen LogP contribution is 2.17. The van der Waals surface area contributed by atoms with E-state index in [-0.39, 0.29) is 12.4 Å². The molecule has 100 valence electrons. The molecule has 0 fully saturated rings. The summed E-state index contributed by atoms with van der Waals surface area (Å²) in [5.74, 6) is -0.614. The van der Waals surface area contributed by atoms with Crippen LogP contribution in [0.15, 0.2) is 34.7 Å². The van der Waals surface area contributed by atoms with Crippen LogP contribution >= 0.6 is 11.6 Å². The van der Waals surface area contributed by atoms with Crippen LogP contribution in [-0.2, 0) is 18.0 Å². The van der Waals surface area contributed by atoms with Crippen LogP contribution in [0.2, 0.25) is 5.02 Å². The van der Waals surface area contributed by atoms with Gasteiger partial charge in [-0.2, -0.15) is 0 Å². The second-order valence-electron chi connectivity index (χ2n) is 4.15. The van der Waals surface area contributed by atoms with Gasteiger partial charge in [0.15, 0.2) is 0 Å². The predicted molar refractivity (Wildman–Crippen MR) is 70.3 cm³/mol. The van der Waals surface area contributed by atoms with Gasteiger partial charge in [-0.05, 0) is 30.7 Å². The average Bonchev–Trinajstić information content (AvgIpc) is 2.71. The summed E-state index contributed by atoms with van der Waals surface area (Å²) in [4.78, 5) is 10.8. The molecule has 0 amide bonds. The highest BCUT2D eigenvalue weighted by Gasteiger charge is 2.14. The first-order valence-electron chi connectivity index (χ1n) is 5.71. The summed E-state index contributed by atoms with van der Waals surface area (Å²) in [5, 5.41) is 9.52. The molecule has 0 saturated carbocycles. The molecular weight excluding hydrogens is 268 g/mol. The van der Waals surface area contributed by atoms with Gasteiger partial charge in [-0.3, -0.25) is 0 Å². The molecule has 0 atom stereocenters. The van der Waals surface area contributed by atoms with Crippen molar-refractivity contribution in [2.45, 2.75) is 20.1 Å². The molecule has 0 aliphatic heterocycles. The van der Waals surface area contributed by atoms with Gasteiger partial charge < -0.3 is 14.3 Å². The number of carboxylic acids is 1. The first kappa shape index (κ1) is 13.6. The van der Waals surface area contributed by atoms with E-state index in [1.165, 1.54) is 0 Å². The zero-order chi connectivity index (χ0) is 13.8. The van der Waals surface area contributed by atoms with E-state index in [2.05, 4.69) is 0 Å². The number of furan rings is 1. The third kappa shape index (κ3) is 3.59. The van der Waals surface area contributed by atoms with Gasteiger partial charge >= 0.3 is 5.97 Å². The molecule has 1 N–H and O–H groups in total. The van der Waals surface area contributed by atoms with Crippen molar-refractivity contribution in [1.82, 2.24) is 0 Å². The van der Waals surface area contributed by atoms with E-state index in [0.29, 0.717) is 23.0 Å². The van der Waals surface area contributed by atoms with Crippen molar-refractivity contribution in [3.05, 3.63) is 58.0 Å². The van der Waals surface area contributed by atoms with Crippen LogP contribution in [0.3, 0.4) is 0 Å². The number of ether oxygens (including phenoxy) is 1. The van der Waals surface area contributed by atoms with Crippen molar-refractivity contribution < 1.29 is 19.1 Å². The highest BCUT2D eigenvalue weighted by atomic mass is 35.5. The lowest BCUT2D eigenvalue weighted by Gasteiger charge is -2.02. The molecule has 0 bridgehead atoms. The lowest BCUT2D eigenvalue weighted by atomic mass is 10.2. The Bertz CT molecular complexity index is 589. The minimum atomic E-state index is -1.07. The Morgan fingerprint density at radius 3 is 2.79 bits per heavy atom. The number of benzene rings is 1. The maximum Gasteiger partial charge on any atom is 0.372 e. The lowest BCUT2D eigenvalue weighted by Crippen LogP contribution is -1.95. The molecule has 1 heterocycles. The van der Waals surface area contributed by atoms with Crippen LogP contribution in [0, 0.1) is 6.92 Å². The zero-order valence-electron chi connectivity index (χ0n) is 10.4. The largest absolute Gasteiger partial charge is 0.475 e. The van der Waals surface area contributed by atoms with Crippen molar-refractivity contribution in [3.63, 3.8) is 0 Å². The molecule has 0 aliphatic rings. The van der Waals surface area contributed by atoms with Crippen LogP contribution in [0.1, 0.15) is 27.4 Å². The van der Waals surface area contributed by atoms with Crippen molar-refractivity contribution in [2.24, 2.45) is 0 Å². The molecule has 0 unspecified atom stereocenters. The number of aryl methyl sites for hydroxylation is 1. The molecule has 4 nitrogen and oxygen atoms in total. The topological polar surface area (TPSA) is 59.7 Å². The SMILES string of the molecule is Cc1cc(COCc2cccc(Cl)c2)oc1C(=O)O. The standard InChI is InChI=1S/C14H13ClO4/c1-9-5-12(19-13(9)14(16)17)8-18-7-10-3-2-4-11(15)6-10/h2-6H,7-8H2,1H3,(H,16,17). The van der Waals surface area contributed by atoms with Gasteiger partial charge in [-0.1, -0.05) is 23.7 Å². The third-order valence-electron chi connectivity index (χ3n) is 2.57. The number of carbonyl (C=O) groups is 1. The Balaban J connectivity index is 1.92. The van der Waals surface area contributed by atoms with E-state index in [0.717, 1.165) is 5.56 Å². The quantitative estimate of drug-likeness (QED) is 0.908. The van der Waals surface area contributed by atoms with Crippen molar-refractivity contribution in [1.29, 1.82) is 0 Å². The van der Waals surface area contributed by atoms with Gasteiger partial charge in [0, 0.05) is 10.6 Å². The van der Waals surface area contributed by atoms with Crippen LogP contribution in [-0.4, -0.2) is 11.1 Å². The summed E-state index contributed by atoms with van der Waals surface area (Å²) in [6, 6.07) is 9.03. The number of halogens is 1. The molecular formula is C14H13ClO4. The van der Waals surface area contributed by atoms with Crippen LogP contribution in [0.5, 0.6) is 0 Å². The Labute approximate surface area is 115 Å². The minimum absolute atomic E-state index is 0.0404. The van der Waals surface area contributed by atoms with E-state index in [4.69, 9.17) is 25.9 Å². The zero-order valence-corrected chi connectivity index (χ0v) is 11.1. The van der Waals surface area contributed by atoms with E-state index in [9.17, 15) is 4.79 Å². The van der Waals surface area contributed by atoms with Crippen molar-refractivity contribution >= 4 is 17.6 Å². The second kappa shape index (κ2) is 5.91. The molecule has 1 aromatic heterocycles. The molecule has 0 saturated heterocycles. The number of carboxylic acid groups (broad SMARTS) is 1. The van der Waals surface area contributed by atoms with Gasteiger partial charge in [0.05, 0.1) is 6.61 Å². The lowest BCUT2D eigenvalue weighted by molar-refractivity contribution is 0.0640. The maximum absolute atomic E-state index is 10.8. The van der Waals surface area contributed by atoms with E-state index < -0.39 is 5.97 Å². The minimum Gasteiger partial charge on any atom is -0.475 e. The summed E-state index contributed by atoms with van der Waals surface area (Å²) >= 11 is 5.86. The molecule has 19 heavy (non-hydrogen) atoms. The van der Waals surface area contributed by atoms with Crippen LogP contribution < -0.4 is 0 Å². The number of aromatic carboxylic acids is 1. The average molecular weight is 281 g/mol. The molecule has 0 spiro atoms. The second-order valence-corrected chi connectivity index (χ2v) is 4.59. The summed E-state index contributed by atoms with van der Waals surface area (Å²) in [6.45, 7) is 2.30. The first-order chi connectivity index (χ1) is 9.06. The summed E-state index contributed by atoms with van der Waals surface area (Å²) in [6.07, 6.45) is 0. The Hall–Kier alpha value is -1.78. The normalized spacial score (nSPS) is 10.6. The monoisotopic (exact) mass is 280 g/mol. The molecule has 5 heteroatoms. The van der Waals surface area contributed by atoms with Gasteiger partial charge in [-0.25, -0.2) is 4.79 Å². The molecule has 2 rings (SSSR count). The number of hydrogen-bond acceptors (Lipinski definition) is 3. The van der Waals surface area contributed by atoms with Gasteiger partial charge in [0.25, 0.3) is 0 Å². The fraction of sp³-hybridized carbons (Fsp3) is 0.214. The highest BCUT2D eigenvalue weighted by molar-refractivity contribution is 6.30. The molecule has 1 aromatic carbocycles. The third-order valence-corrected chi connectivity index (χ3v) is 2.80. The Kier molecular flexibility index (Phi) is 4.24. The first-order valence-corrected chi connectivity index (χ1v) is 6.09. The van der Waals surface area contributed by atoms with Crippen molar-refractivity contribution in [2.75, 3.05) is 0 Å². The van der Waals surface area contributed by atoms with Gasteiger partial charge in [-0.15, -0.1) is 0 Å². The van der Waals surface area contributed by atoms with E-state index in [1.54, 1.807) is 19.1 Å². The van der Waals surface area contributed by atoms with E-state index in [1.807, 2.05) is 18.2 Å². The fourth-order valence-electron chi connectivity index (χ4n) is 1.73. The van der Waals surface area contributed by atoms with Gasteiger partial charge in [0.1, 0.15) is 12.4 Å². The number of hydrogen-bond donors (Lipinski definition) is 1. The van der Waals surface area contributed by atoms with Gasteiger partial charge in [0.2, 0.25) is 5.76 Å². The van der Waals surface area contributed by atoms with E-state index >= 15 is 0 Å². The van der Waals surface area contributed by atoms with Crippen LogP contribution in [0.25, 0.3) is 0 Å². The molecule has 0 aliphatic carbocycles. The smallest absolute Gasteiger partial charge is 0.372 e. The Morgan fingerprint density at radius 1 is 1.37 bits per heavy atom.